The average molecular weight is 565 g/mol. The number of nitrogens with zero attached hydrogens (tertiary/aromatic N) is 7. The highest BCUT2D eigenvalue weighted by atomic mass is 35.5. The SMILES string of the molecule is O=C(NCCc1ncn2ccc(Cl)c(F)c12)c1cn(Cc2cn3cc(C4CC4)cc(C(O)C4COC4)c3n2)nn1. The number of carbonyl (C=O) groups is 1. The van der Waals surface area contributed by atoms with Gasteiger partial charge in [-0.3, -0.25) is 4.79 Å². The number of aromatic nitrogens is 7. The van der Waals surface area contributed by atoms with Gasteiger partial charge in [0.05, 0.1) is 54.8 Å². The average Bonchev–Trinajstić information content (AvgIpc) is 3.31. The number of hydrogen-bond donors (Lipinski definition) is 2. The number of ether oxygens (including phenoxy) is 1. The second-order valence-corrected chi connectivity index (χ2v) is 10.8. The number of hydrogen-bond acceptors (Lipinski definition) is 7. The van der Waals surface area contributed by atoms with Gasteiger partial charge in [0.2, 0.25) is 0 Å². The normalized spacial score (nSPS) is 16.5. The molecule has 2 aliphatic rings. The number of aliphatic hydroxyl groups excluding tert-OH is 1. The van der Waals surface area contributed by atoms with E-state index in [0.29, 0.717) is 49.0 Å². The Kier molecular flexibility index (Phi) is 6.25. The van der Waals surface area contributed by atoms with Crippen LogP contribution in [0.5, 0.6) is 0 Å². The van der Waals surface area contributed by atoms with E-state index in [-0.39, 0.29) is 23.2 Å². The van der Waals surface area contributed by atoms with Gasteiger partial charge in [0.15, 0.2) is 11.5 Å². The van der Waals surface area contributed by atoms with Crippen molar-refractivity contribution in [3.05, 3.63) is 82.3 Å². The molecule has 1 saturated heterocycles. The lowest BCUT2D eigenvalue weighted by atomic mass is 9.93. The minimum absolute atomic E-state index is 0.0178. The highest BCUT2D eigenvalue weighted by Gasteiger charge is 2.32. The number of imidazole rings is 2. The van der Waals surface area contributed by atoms with Crippen LogP contribution >= 0.6 is 11.6 Å². The summed E-state index contributed by atoms with van der Waals surface area (Å²) < 4.78 is 24.8. The molecule has 13 heteroatoms. The number of fused-ring (bicyclic) bond motifs is 2. The molecule has 1 unspecified atom stereocenters. The van der Waals surface area contributed by atoms with Gasteiger partial charge >= 0.3 is 0 Å². The summed E-state index contributed by atoms with van der Waals surface area (Å²) in [6.45, 7) is 1.63. The van der Waals surface area contributed by atoms with Crippen LogP contribution in [0.3, 0.4) is 0 Å². The van der Waals surface area contributed by atoms with Crippen molar-refractivity contribution in [2.75, 3.05) is 19.8 Å². The molecule has 0 aromatic carbocycles. The molecule has 0 bridgehead atoms. The van der Waals surface area contributed by atoms with E-state index in [1.807, 2.05) is 10.6 Å². The first-order chi connectivity index (χ1) is 19.4. The smallest absolute Gasteiger partial charge is 0.273 e. The Balaban J connectivity index is 1.03. The predicted octanol–water partition coefficient (Wildman–Crippen LogP) is 2.94. The number of rotatable bonds is 9. The Morgan fingerprint density at radius 2 is 2.10 bits per heavy atom. The van der Waals surface area contributed by atoms with Crippen LogP contribution < -0.4 is 5.32 Å². The van der Waals surface area contributed by atoms with Crippen LogP contribution in [0, 0.1) is 11.7 Å². The lowest BCUT2D eigenvalue weighted by Crippen LogP contribution is -2.33. The molecule has 5 aromatic rings. The number of amides is 1. The van der Waals surface area contributed by atoms with E-state index in [0.717, 1.165) is 24.1 Å². The molecule has 6 heterocycles. The van der Waals surface area contributed by atoms with Crippen molar-refractivity contribution in [1.29, 1.82) is 0 Å². The van der Waals surface area contributed by atoms with Gasteiger partial charge in [-0.2, -0.15) is 0 Å². The van der Waals surface area contributed by atoms with Crippen molar-refractivity contribution in [2.45, 2.75) is 37.8 Å². The summed E-state index contributed by atoms with van der Waals surface area (Å²) >= 11 is 5.90. The Morgan fingerprint density at radius 3 is 2.88 bits per heavy atom. The van der Waals surface area contributed by atoms with Gasteiger partial charge in [-0.05, 0) is 36.5 Å². The largest absolute Gasteiger partial charge is 0.388 e. The molecule has 1 aliphatic carbocycles. The van der Waals surface area contributed by atoms with Gasteiger partial charge in [0.1, 0.15) is 11.2 Å². The fourth-order valence-electron chi connectivity index (χ4n) is 5.12. The first-order valence-electron chi connectivity index (χ1n) is 13.2. The third-order valence-corrected chi connectivity index (χ3v) is 7.83. The highest BCUT2D eigenvalue weighted by molar-refractivity contribution is 6.31. The number of carbonyl (C=O) groups excluding carboxylic acids is 1. The first kappa shape index (κ1) is 25.1. The van der Waals surface area contributed by atoms with Gasteiger partial charge in [-0.25, -0.2) is 19.0 Å². The van der Waals surface area contributed by atoms with E-state index in [1.165, 1.54) is 18.0 Å². The molecule has 1 atom stereocenters. The van der Waals surface area contributed by atoms with E-state index in [9.17, 15) is 14.3 Å². The Hall–Kier alpha value is -3.87. The van der Waals surface area contributed by atoms with Crippen LogP contribution in [0.4, 0.5) is 4.39 Å². The van der Waals surface area contributed by atoms with Crippen LogP contribution in [0.25, 0.3) is 11.2 Å². The van der Waals surface area contributed by atoms with Crippen molar-refractivity contribution in [3.8, 4) is 0 Å². The second-order valence-electron chi connectivity index (χ2n) is 10.4. The standard InChI is InChI=1S/C27H26ClFN8O3/c28-20-4-6-35-14-31-21(24(35)23(20)29)3-5-30-27(39)22-11-37(34-33-22)10-18-9-36-8-16(15-1-2-15)7-19(26(36)32-18)25(38)17-12-40-13-17/h4,6-9,11,14-15,17,25,38H,1-3,5,10,12-13H2,(H,30,39). The maximum Gasteiger partial charge on any atom is 0.273 e. The first-order valence-corrected chi connectivity index (χ1v) is 13.6. The van der Waals surface area contributed by atoms with Crippen LogP contribution in [0.2, 0.25) is 5.02 Å². The van der Waals surface area contributed by atoms with Crippen molar-refractivity contribution in [2.24, 2.45) is 5.92 Å². The van der Waals surface area contributed by atoms with Crippen LogP contribution in [0.1, 0.15) is 57.9 Å². The van der Waals surface area contributed by atoms with Crippen LogP contribution in [-0.4, -0.2) is 64.5 Å². The Labute approximate surface area is 232 Å². The summed E-state index contributed by atoms with van der Waals surface area (Å²) in [6.07, 6.45) is 10.7. The topological polar surface area (TPSA) is 124 Å². The van der Waals surface area contributed by atoms with Gasteiger partial charge in [-0.15, -0.1) is 5.10 Å². The molecule has 2 N–H and O–H groups in total. The molecule has 1 saturated carbocycles. The quantitative estimate of drug-likeness (QED) is 0.282. The van der Waals surface area contributed by atoms with Crippen molar-refractivity contribution < 1.29 is 19.0 Å². The zero-order valence-electron chi connectivity index (χ0n) is 21.4. The maximum atomic E-state index is 14.4. The maximum absolute atomic E-state index is 14.4. The Morgan fingerprint density at radius 1 is 1.25 bits per heavy atom. The van der Waals surface area contributed by atoms with Crippen LogP contribution in [0.15, 0.2) is 43.2 Å². The van der Waals surface area contributed by atoms with E-state index < -0.39 is 17.8 Å². The Bertz CT molecular complexity index is 1740. The van der Waals surface area contributed by atoms with Gasteiger partial charge < -0.3 is 24.0 Å². The molecular formula is C27H26ClFN8O3. The van der Waals surface area contributed by atoms with E-state index >= 15 is 0 Å². The molecule has 0 spiro atoms. The van der Waals surface area contributed by atoms with Crippen molar-refractivity contribution in [3.63, 3.8) is 0 Å². The molecule has 206 valence electrons. The molecule has 40 heavy (non-hydrogen) atoms. The fourth-order valence-corrected chi connectivity index (χ4v) is 5.27. The number of halogens is 2. The molecule has 1 amide bonds. The zero-order valence-corrected chi connectivity index (χ0v) is 22.1. The van der Waals surface area contributed by atoms with Crippen molar-refractivity contribution >= 4 is 28.7 Å². The van der Waals surface area contributed by atoms with Gasteiger partial charge in [0, 0.05) is 43.0 Å². The van der Waals surface area contributed by atoms with Crippen LogP contribution in [-0.2, 0) is 17.7 Å². The van der Waals surface area contributed by atoms with Gasteiger partial charge in [0.25, 0.3) is 5.91 Å². The molecule has 0 radical (unpaired) electrons. The summed E-state index contributed by atoms with van der Waals surface area (Å²) in [6, 6.07) is 3.55. The summed E-state index contributed by atoms with van der Waals surface area (Å²) in [5, 5.41) is 21.9. The molecule has 7 rings (SSSR count). The van der Waals surface area contributed by atoms with E-state index in [1.54, 1.807) is 21.5 Å². The minimum Gasteiger partial charge on any atom is -0.388 e. The van der Waals surface area contributed by atoms with E-state index in [4.69, 9.17) is 21.3 Å². The fraction of sp³-hybridized carbons (Fsp3) is 0.370. The number of nitrogens with one attached hydrogen (secondary N) is 1. The van der Waals surface area contributed by atoms with E-state index in [2.05, 4.69) is 32.9 Å². The third-order valence-electron chi connectivity index (χ3n) is 7.54. The molecular weight excluding hydrogens is 539 g/mol. The lowest BCUT2D eigenvalue weighted by molar-refractivity contribution is -0.0921. The summed E-state index contributed by atoms with van der Waals surface area (Å²) in [7, 11) is 0. The number of pyridine rings is 2. The molecule has 2 fully saturated rings. The summed E-state index contributed by atoms with van der Waals surface area (Å²) in [5.74, 6) is -0.343. The zero-order chi connectivity index (χ0) is 27.4. The van der Waals surface area contributed by atoms with Crippen molar-refractivity contribution in [1.82, 2.24) is 39.1 Å². The molecule has 11 nitrogen and oxygen atoms in total. The van der Waals surface area contributed by atoms with Gasteiger partial charge in [-0.1, -0.05) is 16.8 Å². The molecule has 1 aliphatic heterocycles. The predicted molar refractivity (Wildman–Crippen MR) is 142 cm³/mol. The highest BCUT2D eigenvalue weighted by Crippen LogP contribution is 2.42. The summed E-state index contributed by atoms with van der Waals surface area (Å²) in [5.41, 5.74) is 4.41. The monoisotopic (exact) mass is 564 g/mol. The second kappa shape index (κ2) is 9.95. The summed E-state index contributed by atoms with van der Waals surface area (Å²) in [4.78, 5) is 21.7. The third kappa shape index (κ3) is 4.61. The lowest BCUT2D eigenvalue weighted by Gasteiger charge is -2.31. The minimum atomic E-state index is -0.638. The number of aliphatic hydroxyl groups is 1. The molecule has 5 aromatic heterocycles.